The summed E-state index contributed by atoms with van der Waals surface area (Å²) >= 11 is 1.47. The Hall–Kier alpha value is -1.24. The average Bonchev–Trinajstić information content (AvgIpc) is 3.16. The van der Waals surface area contributed by atoms with E-state index in [1.807, 2.05) is 0 Å². The maximum Gasteiger partial charge on any atom is 0.321 e. The van der Waals surface area contributed by atoms with Crippen molar-refractivity contribution in [3.8, 4) is 0 Å². The lowest BCUT2D eigenvalue weighted by Gasteiger charge is -2.16. The molecule has 1 unspecified atom stereocenters. The van der Waals surface area contributed by atoms with Gasteiger partial charge in [-0.2, -0.15) is 0 Å². The molecule has 0 aromatic carbocycles. The van der Waals surface area contributed by atoms with E-state index in [1.165, 1.54) is 18.9 Å². The van der Waals surface area contributed by atoms with Gasteiger partial charge in [-0.25, -0.2) is 4.79 Å². The Bertz CT molecular complexity index is 383. The zero-order chi connectivity index (χ0) is 15.2. The molecule has 1 aliphatic rings. The summed E-state index contributed by atoms with van der Waals surface area (Å²) in [4.78, 5) is 34.3. The van der Waals surface area contributed by atoms with Gasteiger partial charge in [0.05, 0.1) is 18.8 Å². The Balaban J connectivity index is 2.32. The fourth-order valence-corrected chi connectivity index (χ4v) is 2.93. The number of nitrogens with one attached hydrogen (secondary N) is 2. The maximum atomic E-state index is 11.8. The SMILES string of the molecule is CCNC(=O)NC(=O)C(C)SCC1(CC(=O)OC)CC1. The summed E-state index contributed by atoms with van der Waals surface area (Å²) in [5.74, 6) is 0.212. The molecule has 20 heavy (non-hydrogen) atoms. The van der Waals surface area contributed by atoms with Gasteiger partial charge in [0.25, 0.3) is 0 Å². The smallest absolute Gasteiger partial charge is 0.321 e. The van der Waals surface area contributed by atoms with Gasteiger partial charge in [0, 0.05) is 12.3 Å². The second kappa shape index (κ2) is 7.52. The van der Waals surface area contributed by atoms with Crippen molar-refractivity contribution in [2.75, 3.05) is 19.4 Å². The Kier molecular flexibility index (Phi) is 6.32. The molecule has 1 rings (SSSR count). The number of esters is 1. The standard InChI is InChI=1S/C13H22N2O4S/c1-4-14-12(18)15-11(17)9(2)20-8-13(5-6-13)7-10(16)19-3/h9H,4-8H2,1-3H3,(H2,14,15,17,18). The minimum absolute atomic E-state index is 0.0159. The number of ether oxygens (including phenoxy) is 1. The van der Waals surface area contributed by atoms with Gasteiger partial charge in [-0.05, 0) is 32.1 Å². The Labute approximate surface area is 123 Å². The van der Waals surface area contributed by atoms with Crippen LogP contribution in [0.4, 0.5) is 4.79 Å². The highest BCUT2D eigenvalue weighted by molar-refractivity contribution is 8.00. The van der Waals surface area contributed by atoms with E-state index in [0.717, 1.165) is 18.6 Å². The van der Waals surface area contributed by atoms with Gasteiger partial charge in [-0.1, -0.05) is 0 Å². The van der Waals surface area contributed by atoms with Crippen LogP contribution < -0.4 is 10.6 Å². The van der Waals surface area contributed by atoms with E-state index in [0.29, 0.717) is 13.0 Å². The molecule has 0 bridgehead atoms. The fraction of sp³-hybridized carbons (Fsp3) is 0.769. The molecule has 0 aliphatic heterocycles. The molecule has 6 nitrogen and oxygen atoms in total. The highest BCUT2D eigenvalue weighted by Crippen LogP contribution is 2.51. The van der Waals surface area contributed by atoms with Crippen molar-refractivity contribution in [1.82, 2.24) is 10.6 Å². The number of hydrogen-bond acceptors (Lipinski definition) is 5. The maximum absolute atomic E-state index is 11.8. The summed E-state index contributed by atoms with van der Waals surface area (Å²) in [5, 5.41) is 4.47. The molecule has 114 valence electrons. The highest BCUT2D eigenvalue weighted by Gasteiger charge is 2.45. The van der Waals surface area contributed by atoms with E-state index in [1.54, 1.807) is 13.8 Å². The summed E-state index contributed by atoms with van der Waals surface area (Å²) in [6.07, 6.45) is 2.38. The summed E-state index contributed by atoms with van der Waals surface area (Å²) in [5.41, 5.74) is -0.0159. The first kappa shape index (κ1) is 16.8. The van der Waals surface area contributed by atoms with Crippen LogP contribution in [-0.4, -0.2) is 42.6 Å². The number of rotatable bonds is 7. The van der Waals surface area contributed by atoms with Crippen LogP contribution >= 0.6 is 11.8 Å². The van der Waals surface area contributed by atoms with Crippen molar-refractivity contribution < 1.29 is 19.1 Å². The molecule has 7 heteroatoms. The third-order valence-electron chi connectivity index (χ3n) is 3.29. The van der Waals surface area contributed by atoms with E-state index in [-0.39, 0.29) is 22.5 Å². The molecule has 0 heterocycles. The molecule has 3 amide bonds. The summed E-state index contributed by atoms with van der Waals surface area (Å²) in [6.45, 7) is 4.02. The summed E-state index contributed by atoms with van der Waals surface area (Å²) in [7, 11) is 1.38. The summed E-state index contributed by atoms with van der Waals surface area (Å²) < 4.78 is 4.68. The minimum Gasteiger partial charge on any atom is -0.469 e. The Morgan fingerprint density at radius 2 is 2.00 bits per heavy atom. The zero-order valence-corrected chi connectivity index (χ0v) is 13.0. The molecule has 0 radical (unpaired) electrons. The van der Waals surface area contributed by atoms with Gasteiger partial charge in [0.15, 0.2) is 0 Å². The number of thioether (sulfide) groups is 1. The molecule has 2 N–H and O–H groups in total. The first-order valence-electron chi connectivity index (χ1n) is 6.69. The molecule has 1 fully saturated rings. The summed E-state index contributed by atoms with van der Waals surface area (Å²) in [6, 6.07) is -0.472. The van der Waals surface area contributed by atoms with Crippen LogP contribution in [0.25, 0.3) is 0 Å². The van der Waals surface area contributed by atoms with Crippen LogP contribution in [0.3, 0.4) is 0 Å². The monoisotopic (exact) mass is 302 g/mol. The molecular weight excluding hydrogens is 280 g/mol. The molecule has 0 aromatic rings. The molecule has 1 aliphatic carbocycles. The lowest BCUT2D eigenvalue weighted by Crippen LogP contribution is -2.42. The topological polar surface area (TPSA) is 84.5 Å². The van der Waals surface area contributed by atoms with Gasteiger partial charge in [0.1, 0.15) is 0 Å². The van der Waals surface area contributed by atoms with Crippen molar-refractivity contribution in [2.24, 2.45) is 5.41 Å². The molecule has 1 saturated carbocycles. The van der Waals surface area contributed by atoms with E-state index in [2.05, 4.69) is 15.4 Å². The second-order valence-corrected chi connectivity index (χ2v) is 6.38. The Morgan fingerprint density at radius 1 is 1.35 bits per heavy atom. The van der Waals surface area contributed by atoms with Gasteiger partial charge in [-0.3, -0.25) is 14.9 Å². The number of hydrogen-bond donors (Lipinski definition) is 2. The predicted octanol–water partition coefficient (Wildman–Crippen LogP) is 1.30. The first-order valence-corrected chi connectivity index (χ1v) is 7.74. The predicted molar refractivity (Wildman–Crippen MR) is 77.4 cm³/mol. The lowest BCUT2D eigenvalue weighted by molar-refractivity contribution is -0.141. The average molecular weight is 302 g/mol. The van der Waals surface area contributed by atoms with Crippen molar-refractivity contribution >= 4 is 29.7 Å². The third kappa shape index (κ3) is 5.40. The van der Waals surface area contributed by atoms with Crippen LogP contribution in [0.1, 0.15) is 33.1 Å². The molecule has 0 aromatic heterocycles. The number of carbonyl (C=O) groups is 3. The second-order valence-electron chi connectivity index (χ2n) is 5.05. The van der Waals surface area contributed by atoms with Crippen LogP contribution in [0, 0.1) is 5.41 Å². The number of imide groups is 1. The zero-order valence-electron chi connectivity index (χ0n) is 12.2. The minimum atomic E-state index is -0.472. The number of methoxy groups -OCH3 is 1. The van der Waals surface area contributed by atoms with Gasteiger partial charge >= 0.3 is 12.0 Å². The van der Waals surface area contributed by atoms with Crippen molar-refractivity contribution in [1.29, 1.82) is 0 Å². The fourth-order valence-electron chi connectivity index (χ4n) is 1.72. The van der Waals surface area contributed by atoms with Crippen LogP contribution in [0.5, 0.6) is 0 Å². The third-order valence-corrected chi connectivity index (χ3v) is 4.78. The van der Waals surface area contributed by atoms with E-state index < -0.39 is 6.03 Å². The van der Waals surface area contributed by atoms with Gasteiger partial charge in [-0.15, -0.1) is 11.8 Å². The van der Waals surface area contributed by atoms with Crippen LogP contribution in [0.2, 0.25) is 0 Å². The van der Waals surface area contributed by atoms with Crippen molar-refractivity contribution in [3.05, 3.63) is 0 Å². The first-order chi connectivity index (χ1) is 9.42. The normalized spacial score (nSPS) is 16.9. The van der Waals surface area contributed by atoms with E-state index in [9.17, 15) is 14.4 Å². The highest BCUT2D eigenvalue weighted by atomic mass is 32.2. The van der Waals surface area contributed by atoms with Crippen LogP contribution in [0.15, 0.2) is 0 Å². The number of urea groups is 1. The lowest BCUT2D eigenvalue weighted by atomic mass is 10.1. The molecule has 0 spiro atoms. The van der Waals surface area contributed by atoms with Crippen molar-refractivity contribution in [3.63, 3.8) is 0 Å². The molecule has 0 saturated heterocycles. The van der Waals surface area contributed by atoms with Gasteiger partial charge < -0.3 is 10.1 Å². The molecule has 1 atom stereocenters. The van der Waals surface area contributed by atoms with Crippen molar-refractivity contribution in [2.45, 2.75) is 38.4 Å². The van der Waals surface area contributed by atoms with Crippen LogP contribution in [-0.2, 0) is 14.3 Å². The Morgan fingerprint density at radius 3 is 2.50 bits per heavy atom. The van der Waals surface area contributed by atoms with E-state index in [4.69, 9.17) is 0 Å². The largest absolute Gasteiger partial charge is 0.469 e. The van der Waals surface area contributed by atoms with Gasteiger partial charge in [0.2, 0.25) is 5.91 Å². The van der Waals surface area contributed by atoms with E-state index >= 15 is 0 Å². The number of amides is 3. The quantitative estimate of drug-likeness (QED) is 0.692. The molecular formula is C13H22N2O4S. The number of carbonyl (C=O) groups excluding carboxylic acids is 3.